The van der Waals surface area contributed by atoms with Crippen molar-refractivity contribution >= 4 is 83.8 Å². The third kappa shape index (κ3) is 7.22. The van der Waals surface area contributed by atoms with Crippen LogP contribution in [0.2, 0.25) is 0 Å². The first kappa shape index (κ1) is 22.3. The summed E-state index contributed by atoms with van der Waals surface area (Å²) in [5.74, 6) is 0.282. The Kier molecular flexibility index (Phi) is 10.3. The van der Waals surface area contributed by atoms with Crippen molar-refractivity contribution in [2.75, 3.05) is 24.8 Å². The van der Waals surface area contributed by atoms with E-state index in [1.54, 1.807) is 0 Å². The van der Waals surface area contributed by atoms with E-state index >= 15 is 0 Å². The predicted molar refractivity (Wildman–Crippen MR) is 82.0 cm³/mol. The number of rotatable bonds is 7. The van der Waals surface area contributed by atoms with Crippen LogP contribution in [0.1, 0.15) is 6.42 Å². The molecule has 0 aromatic carbocycles. The third-order valence-electron chi connectivity index (χ3n) is 2.31. The van der Waals surface area contributed by atoms with Crippen molar-refractivity contribution in [3.05, 3.63) is 16.7 Å². The van der Waals surface area contributed by atoms with Crippen LogP contribution in [-0.4, -0.2) is 108 Å². The Morgan fingerprint density at radius 3 is 2.77 bits per heavy atom. The smallest absolute Gasteiger partial charge is 0.350 e. The van der Waals surface area contributed by atoms with Gasteiger partial charge in [0, 0.05) is 72.3 Å². The average molecular weight is 349 g/mol. The summed E-state index contributed by atoms with van der Waals surface area (Å²) < 4.78 is 15.3. The van der Waals surface area contributed by atoms with Crippen LogP contribution >= 0.6 is 7.60 Å². The number of aromatic nitrogens is 4. The van der Waals surface area contributed by atoms with E-state index in [1.165, 1.54) is 6.33 Å². The number of fused-ring (bicyclic) bond motifs is 1. The molecule has 2 heterocycles. The Bertz CT molecular complexity index is 686. The minimum atomic E-state index is -4.11. The Balaban J connectivity index is 0.00000220. The first-order chi connectivity index (χ1) is 9.46. The summed E-state index contributed by atoms with van der Waals surface area (Å²) in [6.07, 6.45) is 1.29. The molecular weight excluding hydrogens is 335 g/mol. The van der Waals surface area contributed by atoms with Gasteiger partial charge in [0.15, 0.2) is 11.2 Å². The van der Waals surface area contributed by atoms with Gasteiger partial charge in [0.2, 0.25) is 5.95 Å². The quantitative estimate of drug-likeness (QED) is 0.238. The molecule has 0 aliphatic carbocycles. The summed E-state index contributed by atoms with van der Waals surface area (Å²) >= 11 is 0. The van der Waals surface area contributed by atoms with Crippen LogP contribution in [0.4, 0.5) is 5.95 Å². The van der Waals surface area contributed by atoms with Crippen molar-refractivity contribution in [3.8, 4) is 0 Å². The Morgan fingerprint density at radius 1 is 1.36 bits per heavy atom. The second kappa shape index (κ2) is 10.2. The van der Waals surface area contributed by atoms with Gasteiger partial charge in [-0.05, 0) is 6.42 Å². The van der Waals surface area contributed by atoms with Crippen molar-refractivity contribution < 1.29 is 19.1 Å². The maximum Gasteiger partial charge on any atom is 0.350 e. The number of nitrogens with one attached hydrogen (secondary N) is 3. The molecule has 2 radical (unpaired) electrons. The summed E-state index contributed by atoms with van der Waals surface area (Å²) in [4.78, 5) is 41.9. The minimum Gasteiger partial charge on any atom is -0.369 e. The van der Waals surface area contributed by atoms with Gasteiger partial charge in [0.05, 0.1) is 6.33 Å². The Morgan fingerprint density at radius 2 is 2.09 bits per heavy atom. The monoisotopic (exact) mass is 349 g/mol. The second-order valence-corrected chi connectivity index (χ2v) is 5.59. The zero-order chi connectivity index (χ0) is 14.6. The van der Waals surface area contributed by atoms with Gasteiger partial charge in [-0.1, -0.05) is 0 Å². The number of ether oxygens (including phenoxy) is 1. The summed E-state index contributed by atoms with van der Waals surface area (Å²) in [6, 6.07) is 0. The second-order valence-electron chi connectivity index (χ2n) is 4.00. The molecule has 0 atom stereocenters. The van der Waals surface area contributed by atoms with Crippen molar-refractivity contribution in [1.29, 1.82) is 0 Å². The van der Waals surface area contributed by atoms with Gasteiger partial charge in [0.1, 0.15) is 6.35 Å². The van der Waals surface area contributed by atoms with Gasteiger partial charge in [-0.15, -0.1) is 0 Å². The van der Waals surface area contributed by atoms with Crippen LogP contribution in [0.15, 0.2) is 11.1 Å². The van der Waals surface area contributed by atoms with Crippen molar-refractivity contribution in [2.45, 2.75) is 6.42 Å². The van der Waals surface area contributed by atoms with E-state index in [9.17, 15) is 9.36 Å². The zero-order valence-electron chi connectivity index (χ0n) is 12.4. The normalized spacial score (nSPS) is 10.8. The molecule has 0 aliphatic rings. The van der Waals surface area contributed by atoms with Crippen LogP contribution in [0.25, 0.3) is 11.2 Å². The predicted octanol–water partition coefficient (Wildman–Crippen LogP) is -1.16. The molecule has 2 rings (SSSR count). The van der Waals surface area contributed by atoms with E-state index < -0.39 is 13.9 Å². The average Bonchev–Trinajstić information content (AvgIpc) is 2.81. The van der Waals surface area contributed by atoms with Gasteiger partial charge in [-0.2, -0.15) is 4.98 Å². The SMILES string of the molecule is O=c1[nH]c(NCCCOCP(=O)(O)O)nc2nc[nH]c12.[Na].[Na]. The molecule has 0 unspecified atom stereocenters. The first-order valence-electron chi connectivity index (χ1n) is 5.75. The first-order valence-corrected chi connectivity index (χ1v) is 7.55. The molecule has 10 nitrogen and oxygen atoms in total. The summed E-state index contributed by atoms with van der Waals surface area (Å²) in [5, 5.41) is 2.87. The fourth-order valence-electron chi connectivity index (χ4n) is 1.49. The molecule has 0 spiro atoms. The van der Waals surface area contributed by atoms with E-state index in [0.717, 1.165) is 0 Å². The molecular formula is C9H14N5Na2O5P. The van der Waals surface area contributed by atoms with Gasteiger partial charge < -0.3 is 24.8 Å². The molecule has 0 saturated heterocycles. The summed E-state index contributed by atoms with van der Waals surface area (Å²) in [5.41, 5.74) is 0.294. The van der Waals surface area contributed by atoms with Crippen molar-refractivity contribution in [3.63, 3.8) is 0 Å². The van der Waals surface area contributed by atoms with Gasteiger partial charge in [-0.3, -0.25) is 14.3 Å². The van der Waals surface area contributed by atoms with Crippen molar-refractivity contribution in [1.82, 2.24) is 19.9 Å². The number of aromatic amines is 2. The molecule has 0 fully saturated rings. The fourth-order valence-corrected chi connectivity index (χ4v) is 1.86. The van der Waals surface area contributed by atoms with Crippen LogP contribution < -0.4 is 10.9 Å². The number of H-pyrrole nitrogens is 2. The van der Waals surface area contributed by atoms with E-state index in [4.69, 9.17) is 14.5 Å². The van der Waals surface area contributed by atoms with E-state index in [1.807, 2.05) is 0 Å². The molecule has 0 aliphatic heterocycles. The molecule has 0 saturated carbocycles. The van der Waals surface area contributed by atoms with E-state index in [-0.39, 0.29) is 77.2 Å². The van der Waals surface area contributed by atoms with Gasteiger partial charge >= 0.3 is 7.60 Å². The Hall–Kier alpha value is 0.260. The van der Waals surface area contributed by atoms with E-state index in [0.29, 0.717) is 24.1 Å². The van der Waals surface area contributed by atoms with Crippen LogP contribution in [-0.2, 0) is 9.30 Å². The molecule has 5 N–H and O–H groups in total. The standard InChI is InChI=1S/C9H14N5O5P.2Na/c15-8-6-7(12-4-11-6)13-9(14-8)10-2-1-3-19-5-20(16,17)18;;/h4H,1-3,5H2,(H2,16,17,18)(H3,10,11,12,13,14,15);;. The summed E-state index contributed by atoms with van der Waals surface area (Å²) in [6.45, 7) is 0.618. The largest absolute Gasteiger partial charge is 0.369 e. The molecule has 13 heteroatoms. The number of imidazole rings is 1. The van der Waals surface area contributed by atoms with Crippen molar-refractivity contribution in [2.24, 2.45) is 0 Å². The molecule has 0 amide bonds. The summed E-state index contributed by atoms with van der Waals surface area (Å²) in [7, 11) is -4.11. The van der Waals surface area contributed by atoms with Crippen LogP contribution in [0, 0.1) is 0 Å². The minimum absolute atomic E-state index is 0. The third-order valence-corrected chi connectivity index (χ3v) is 2.83. The van der Waals surface area contributed by atoms with Gasteiger partial charge in [0.25, 0.3) is 5.56 Å². The molecule has 2 aromatic rings. The number of anilines is 1. The van der Waals surface area contributed by atoms with Crippen LogP contribution in [0.3, 0.4) is 0 Å². The number of hydrogen-bond acceptors (Lipinski definition) is 6. The zero-order valence-corrected chi connectivity index (χ0v) is 17.3. The van der Waals surface area contributed by atoms with Crippen LogP contribution in [0.5, 0.6) is 0 Å². The Labute approximate surface area is 169 Å². The number of hydrogen-bond donors (Lipinski definition) is 5. The molecule has 112 valence electrons. The molecule has 0 bridgehead atoms. The van der Waals surface area contributed by atoms with E-state index in [2.05, 4.69) is 25.3 Å². The maximum atomic E-state index is 11.6. The fraction of sp³-hybridized carbons (Fsp3) is 0.444. The van der Waals surface area contributed by atoms with Gasteiger partial charge in [-0.25, -0.2) is 4.98 Å². The molecule has 22 heavy (non-hydrogen) atoms. The maximum absolute atomic E-state index is 11.6. The topological polar surface area (TPSA) is 153 Å². The molecule has 2 aromatic heterocycles. The number of nitrogens with zero attached hydrogens (tertiary/aromatic N) is 2.